The van der Waals surface area contributed by atoms with E-state index in [4.69, 9.17) is 0 Å². The first-order chi connectivity index (χ1) is 8.22. The fourth-order valence-electron chi connectivity index (χ4n) is 1.44. The topological polar surface area (TPSA) is 41.1 Å². The Morgan fingerprint density at radius 1 is 1.47 bits per heavy atom. The van der Waals surface area contributed by atoms with E-state index in [1.54, 1.807) is 11.3 Å². The SMILES string of the molecule is CCC(C)NC(=O)CCNCCc1cccs1. The predicted octanol–water partition coefficient (Wildman–Crippen LogP) is 2.18. The highest BCUT2D eigenvalue weighted by Crippen LogP contribution is 2.07. The summed E-state index contributed by atoms with van der Waals surface area (Å²) in [6.07, 6.45) is 2.59. The first kappa shape index (κ1) is 14.2. The molecule has 0 spiro atoms. The molecule has 0 aliphatic rings. The van der Waals surface area contributed by atoms with Crippen LogP contribution < -0.4 is 10.6 Å². The van der Waals surface area contributed by atoms with Crippen LogP contribution in [0.5, 0.6) is 0 Å². The van der Waals surface area contributed by atoms with Gasteiger partial charge in [-0.15, -0.1) is 11.3 Å². The van der Waals surface area contributed by atoms with E-state index in [9.17, 15) is 4.79 Å². The summed E-state index contributed by atoms with van der Waals surface area (Å²) < 4.78 is 0. The zero-order chi connectivity index (χ0) is 12.5. The standard InChI is InChI=1S/C13H22N2OS/c1-3-11(2)15-13(16)7-9-14-8-6-12-5-4-10-17-12/h4-5,10-11,14H,3,6-9H2,1-2H3,(H,15,16). The molecule has 17 heavy (non-hydrogen) atoms. The van der Waals surface area contributed by atoms with Gasteiger partial charge in [-0.05, 0) is 37.8 Å². The molecular formula is C13H22N2OS. The number of carbonyl (C=O) groups excluding carboxylic acids is 1. The van der Waals surface area contributed by atoms with Gasteiger partial charge in [0.2, 0.25) is 5.91 Å². The monoisotopic (exact) mass is 254 g/mol. The molecule has 0 aliphatic heterocycles. The van der Waals surface area contributed by atoms with Gasteiger partial charge >= 0.3 is 0 Å². The summed E-state index contributed by atoms with van der Waals surface area (Å²) in [5.41, 5.74) is 0. The molecule has 0 aromatic carbocycles. The molecule has 4 heteroatoms. The van der Waals surface area contributed by atoms with E-state index in [0.29, 0.717) is 6.42 Å². The van der Waals surface area contributed by atoms with Crippen LogP contribution in [0.1, 0.15) is 31.6 Å². The molecule has 1 aromatic heterocycles. The van der Waals surface area contributed by atoms with Gasteiger partial charge in [-0.1, -0.05) is 13.0 Å². The van der Waals surface area contributed by atoms with Crippen LogP contribution in [0.4, 0.5) is 0 Å². The molecule has 0 fully saturated rings. The number of hydrogen-bond acceptors (Lipinski definition) is 3. The van der Waals surface area contributed by atoms with Crippen molar-refractivity contribution in [2.24, 2.45) is 0 Å². The third-order valence-electron chi connectivity index (χ3n) is 2.68. The zero-order valence-electron chi connectivity index (χ0n) is 10.7. The van der Waals surface area contributed by atoms with Crippen LogP contribution in [0.15, 0.2) is 17.5 Å². The lowest BCUT2D eigenvalue weighted by Gasteiger charge is -2.11. The molecule has 1 heterocycles. The molecule has 0 saturated carbocycles. The number of amides is 1. The Morgan fingerprint density at radius 3 is 2.94 bits per heavy atom. The third kappa shape index (κ3) is 6.44. The van der Waals surface area contributed by atoms with Crippen molar-refractivity contribution >= 4 is 17.2 Å². The highest BCUT2D eigenvalue weighted by Gasteiger charge is 2.04. The lowest BCUT2D eigenvalue weighted by molar-refractivity contribution is -0.121. The fourth-order valence-corrected chi connectivity index (χ4v) is 2.15. The van der Waals surface area contributed by atoms with Crippen LogP contribution in [0.2, 0.25) is 0 Å². The predicted molar refractivity (Wildman–Crippen MR) is 73.4 cm³/mol. The van der Waals surface area contributed by atoms with Crippen molar-refractivity contribution in [3.63, 3.8) is 0 Å². The Bertz CT molecular complexity index is 311. The van der Waals surface area contributed by atoms with Gasteiger partial charge in [-0.3, -0.25) is 4.79 Å². The van der Waals surface area contributed by atoms with E-state index in [0.717, 1.165) is 25.9 Å². The molecule has 0 aliphatic carbocycles. The third-order valence-corrected chi connectivity index (χ3v) is 3.61. The molecule has 0 bridgehead atoms. The highest BCUT2D eigenvalue weighted by molar-refractivity contribution is 7.09. The lowest BCUT2D eigenvalue weighted by atomic mass is 10.2. The van der Waals surface area contributed by atoms with Crippen LogP contribution >= 0.6 is 11.3 Å². The smallest absolute Gasteiger partial charge is 0.221 e. The van der Waals surface area contributed by atoms with Crippen molar-refractivity contribution in [3.05, 3.63) is 22.4 Å². The van der Waals surface area contributed by atoms with E-state index in [1.807, 2.05) is 6.92 Å². The van der Waals surface area contributed by atoms with Gasteiger partial charge in [0.25, 0.3) is 0 Å². The second-order valence-electron chi connectivity index (χ2n) is 4.21. The summed E-state index contributed by atoms with van der Waals surface area (Å²) in [6, 6.07) is 4.50. The van der Waals surface area contributed by atoms with Crippen LogP contribution in [0, 0.1) is 0 Å². The molecule has 1 amide bonds. The van der Waals surface area contributed by atoms with E-state index in [2.05, 4.69) is 35.1 Å². The maximum Gasteiger partial charge on any atom is 0.221 e. The molecule has 0 radical (unpaired) electrons. The summed E-state index contributed by atoms with van der Waals surface area (Å²) >= 11 is 1.78. The second-order valence-corrected chi connectivity index (χ2v) is 5.24. The summed E-state index contributed by atoms with van der Waals surface area (Å²) in [4.78, 5) is 12.8. The van der Waals surface area contributed by atoms with Crippen molar-refractivity contribution in [3.8, 4) is 0 Å². The second kappa shape index (κ2) is 8.25. The molecule has 2 N–H and O–H groups in total. The average Bonchev–Trinajstić information content (AvgIpc) is 2.81. The Morgan fingerprint density at radius 2 is 2.29 bits per heavy atom. The first-order valence-electron chi connectivity index (χ1n) is 6.24. The van der Waals surface area contributed by atoms with E-state index < -0.39 is 0 Å². The summed E-state index contributed by atoms with van der Waals surface area (Å²) in [5.74, 6) is 0.142. The molecule has 3 nitrogen and oxygen atoms in total. The van der Waals surface area contributed by atoms with Crippen molar-refractivity contribution in [2.75, 3.05) is 13.1 Å². The minimum Gasteiger partial charge on any atom is -0.354 e. The molecule has 1 rings (SSSR count). The van der Waals surface area contributed by atoms with Crippen LogP contribution in [0.25, 0.3) is 0 Å². The van der Waals surface area contributed by atoms with Gasteiger partial charge in [0.1, 0.15) is 0 Å². The minimum atomic E-state index is 0.142. The average molecular weight is 254 g/mol. The summed E-state index contributed by atoms with van der Waals surface area (Å²) in [5, 5.41) is 8.34. The van der Waals surface area contributed by atoms with Gasteiger partial charge < -0.3 is 10.6 Å². The fraction of sp³-hybridized carbons (Fsp3) is 0.615. The van der Waals surface area contributed by atoms with Crippen molar-refractivity contribution in [1.29, 1.82) is 0 Å². The van der Waals surface area contributed by atoms with Gasteiger partial charge in [0, 0.05) is 23.9 Å². The van der Waals surface area contributed by atoms with Gasteiger partial charge in [0.05, 0.1) is 0 Å². The quantitative estimate of drug-likeness (QED) is 0.698. The molecular weight excluding hydrogens is 232 g/mol. The van der Waals surface area contributed by atoms with E-state index >= 15 is 0 Å². The van der Waals surface area contributed by atoms with Gasteiger partial charge in [0.15, 0.2) is 0 Å². The van der Waals surface area contributed by atoms with Crippen LogP contribution in [0.3, 0.4) is 0 Å². The Labute approximate surface area is 108 Å². The van der Waals surface area contributed by atoms with Crippen LogP contribution in [-0.2, 0) is 11.2 Å². The lowest BCUT2D eigenvalue weighted by Crippen LogP contribution is -2.34. The van der Waals surface area contributed by atoms with Gasteiger partial charge in [-0.2, -0.15) is 0 Å². The summed E-state index contributed by atoms with van der Waals surface area (Å²) in [7, 11) is 0. The van der Waals surface area contributed by atoms with Gasteiger partial charge in [-0.25, -0.2) is 0 Å². The maximum absolute atomic E-state index is 11.5. The Kier molecular flexibility index (Phi) is 6.89. The van der Waals surface area contributed by atoms with Crippen molar-refractivity contribution in [1.82, 2.24) is 10.6 Å². The largest absolute Gasteiger partial charge is 0.354 e. The van der Waals surface area contributed by atoms with Crippen molar-refractivity contribution in [2.45, 2.75) is 39.2 Å². The minimum absolute atomic E-state index is 0.142. The van der Waals surface area contributed by atoms with E-state index in [-0.39, 0.29) is 11.9 Å². The number of nitrogens with one attached hydrogen (secondary N) is 2. The zero-order valence-corrected chi connectivity index (χ0v) is 11.5. The maximum atomic E-state index is 11.5. The highest BCUT2D eigenvalue weighted by atomic mass is 32.1. The normalized spacial score (nSPS) is 12.4. The van der Waals surface area contributed by atoms with Crippen LogP contribution in [-0.4, -0.2) is 25.0 Å². The summed E-state index contributed by atoms with van der Waals surface area (Å²) in [6.45, 7) is 5.80. The number of rotatable bonds is 8. The molecule has 96 valence electrons. The number of hydrogen-bond donors (Lipinski definition) is 2. The number of thiophene rings is 1. The number of carbonyl (C=O) groups is 1. The molecule has 1 aromatic rings. The molecule has 1 atom stereocenters. The Balaban J connectivity index is 1.98. The molecule has 1 unspecified atom stereocenters. The van der Waals surface area contributed by atoms with E-state index in [1.165, 1.54) is 4.88 Å². The molecule has 0 saturated heterocycles. The van der Waals surface area contributed by atoms with Crippen molar-refractivity contribution < 1.29 is 4.79 Å². The Hall–Kier alpha value is -0.870. The first-order valence-corrected chi connectivity index (χ1v) is 7.12.